The first-order valence-corrected chi connectivity index (χ1v) is 8.71. The topological polar surface area (TPSA) is 51.0 Å². The van der Waals surface area contributed by atoms with Gasteiger partial charge in [-0.3, -0.25) is 0 Å². The van der Waals surface area contributed by atoms with Gasteiger partial charge in [-0.15, -0.1) is 0 Å². The normalized spacial score (nSPS) is 38.9. The van der Waals surface area contributed by atoms with Gasteiger partial charge in [-0.05, 0) is 69.7 Å². The maximum atomic E-state index is 5.59. The first-order valence-electron chi connectivity index (χ1n) is 8.71. The molecule has 0 aliphatic heterocycles. The average Bonchev–Trinajstić information content (AvgIpc) is 2.92. The van der Waals surface area contributed by atoms with Gasteiger partial charge in [-0.1, -0.05) is 12.1 Å². The lowest BCUT2D eigenvalue weighted by Gasteiger charge is -2.55. The van der Waals surface area contributed by atoms with Crippen molar-refractivity contribution in [3.05, 3.63) is 11.7 Å². The zero-order chi connectivity index (χ0) is 14.4. The van der Waals surface area contributed by atoms with Gasteiger partial charge < -0.3 is 9.84 Å². The molecule has 0 amide bonds. The van der Waals surface area contributed by atoms with Crippen LogP contribution in [0.3, 0.4) is 0 Å². The summed E-state index contributed by atoms with van der Waals surface area (Å²) in [5.41, 5.74) is 0.262. The lowest BCUT2D eigenvalue weighted by molar-refractivity contribution is -0.0103. The van der Waals surface area contributed by atoms with Crippen LogP contribution in [-0.2, 0) is 11.8 Å². The lowest BCUT2D eigenvalue weighted by Crippen LogP contribution is -2.49. The predicted octanol–water partition coefficient (Wildman–Crippen LogP) is 3.08. The fourth-order valence-electron chi connectivity index (χ4n) is 5.60. The van der Waals surface area contributed by atoms with E-state index < -0.39 is 0 Å². The van der Waals surface area contributed by atoms with Gasteiger partial charge in [0.2, 0.25) is 5.89 Å². The molecular weight excluding hydrogens is 262 g/mol. The molecule has 1 aromatic heterocycles. The van der Waals surface area contributed by atoms with E-state index in [9.17, 15) is 0 Å². The van der Waals surface area contributed by atoms with Crippen LogP contribution in [0.15, 0.2) is 4.52 Å². The predicted molar refractivity (Wildman–Crippen MR) is 81.0 cm³/mol. The molecule has 4 fully saturated rings. The second-order valence-electron chi connectivity index (χ2n) is 7.81. The molecule has 4 aliphatic rings. The molecule has 4 saturated carbocycles. The highest BCUT2D eigenvalue weighted by Crippen LogP contribution is 2.60. The summed E-state index contributed by atoms with van der Waals surface area (Å²) in [5.74, 6) is 4.64. The first kappa shape index (κ1) is 13.7. The largest absolute Gasteiger partial charge is 0.339 e. The quantitative estimate of drug-likeness (QED) is 0.905. The lowest BCUT2D eigenvalue weighted by atomic mass is 9.49. The molecule has 0 aromatic carbocycles. The summed E-state index contributed by atoms with van der Waals surface area (Å²) in [6.45, 7) is 2.19. The van der Waals surface area contributed by atoms with Crippen LogP contribution in [0.25, 0.3) is 0 Å². The van der Waals surface area contributed by atoms with Crippen LogP contribution in [-0.4, -0.2) is 23.2 Å². The molecule has 0 spiro atoms. The van der Waals surface area contributed by atoms with Gasteiger partial charge in [0.15, 0.2) is 5.82 Å². The molecule has 1 aromatic rings. The van der Waals surface area contributed by atoms with E-state index in [0.29, 0.717) is 6.04 Å². The van der Waals surface area contributed by atoms with Crippen LogP contribution in [0.1, 0.15) is 63.6 Å². The molecule has 5 rings (SSSR count). The van der Waals surface area contributed by atoms with Gasteiger partial charge in [-0.25, -0.2) is 0 Å². The van der Waals surface area contributed by atoms with Crippen LogP contribution in [0.4, 0.5) is 0 Å². The molecule has 1 heterocycles. The van der Waals surface area contributed by atoms with E-state index in [0.717, 1.165) is 42.3 Å². The van der Waals surface area contributed by atoms with Crippen molar-refractivity contribution in [1.29, 1.82) is 0 Å². The van der Waals surface area contributed by atoms with Crippen molar-refractivity contribution >= 4 is 0 Å². The highest BCUT2D eigenvalue weighted by Gasteiger charge is 2.53. The van der Waals surface area contributed by atoms with Gasteiger partial charge in [0, 0.05) is 17.9 Å². The number of nitrogens with one attached hydrogen (secondary N) is 1. The molecule has 0 saturated heterocycles. The Morgan fingerprint density at radius 2 is 1.81 bits per heavy atom. The average molecular weight is 289 g/mol. The molecule has 0 radical (unpaired) electrons. The third kappa shape index (κ3) is 2.32. The molecule has 116 valence electrons. The van der Waals surface area contributed by atoms with Gasteiger partial charge in [0.25, 0.3) is 0 Å². The van der Waals surface area contributed by atoms with Crippen LogP contribution in [0, 0.1) is 17.8 Å². The number of rotatable bonds is 5. The van der Waals surface area contributed by atoms with Crippen molar-refractivity contribution in [2.45, 2.75) is 69.7 Å². The zero-order valence-electron chi connectivity index (χ0n) is 13.3. The Kier molecular flexibility index (Phi) is 3.32. The van der Waals surface area contributed by atoms with Crippen LogP contribution < -0.4 is 5.32 Å². The maximum absolute atomic E-state index is 5.59. The maximum Gasteiger partial charge on any atom is 0.228 e. The van der Waals surface area contributed by atoms with Crippen LogP contribution in [0.5, 0.6) is 0 Å². The van der Waals surface area contributed by atoms with E-state index in [1.54, 1.807) is 0 Å². The smallest absolute Gasteiger partial charge is 0.228 e. The fraction of sp³-hybridized carbons (Fsp3) is 0.882. The first-order chi connectivity index (χ1) is 10.2. The summed E-state index contributed by atoms with van der Waals surface area (Å²) >= 11 is 0. The number of aromatic nitrogens is 2. The Labute approximate surface area is 127 Å². The Morgan fingerprint density at radius 3 is 2.33 bits per heavy atom. The summed E-state index contributed by atoms with van der Waals surface area (Å²) in [6, 6.07) is 0.440. The van der Waals surface area contributed by atoms with Crippen molar-refractivity contribution in [2.24, 2.45) is 17.8 Å². The third-order valence-electron chi connectivity index (χ3n) is 6.30. The second-order valence-corrected chi connectivity index (χ2v) is 7.81. The number of likely N-dealkylation sites (N-methyl/N-ethyl adjacent to an activating group) is 1. The summed E-state index contributed by atoms with van der Waals surface area (Å²) in [5, 5.41) is 7.73. The molecule has 4 heteroatoms. The van der Waals surface area contributed by atoms with Crippen LogP contribution in [0.2, 0.25) is 0 Å². The minimum absolute atomic E-state index is 0.262. The van der Waals surface area contributed by atoms with E-state index >= 15 is 0 Å². The monoisotopic (exact) mass is 289 g/mol. The SMILES string of the molecule is CCC(Cc1nc(C23CC4CC(CC(C4)C2)C3)no1)NC. The Bertz CT molecular complexity index is 471. The highest BCUT2D eigenvalue weighted by atomic mass is 16.5. The van der Waals surface area contributed by atoms with Crippen molar-refractivity contribution in [3.63, 3.8) is 0 Å². The van der Waals surface area contributed by atoms with E-state index in [1.807, 2.05) is 7.05 Å². The minimum Gasteiger partial charge on any atom is -0.339 e. The summed E-state index contributed by atoms with van der Waals surface area (Å²) in [4.78, 5) is 4.82. The number of hydrogen-bond donors (Lipinski definition) is 1. The number of hydrogen-bond acceptors (Lipinski definition) is 4. The molecular formula is C17H27N3O. The molecule has 21 heavy (non-hydrogen) atoms. The van der Waals surface area contributed by atoms with Gasteiger partial charge >= 0.3 is 0 Å². The highest BCUT2D eigenvalue weighted by molar-refractivity contribution is 5.16. The van der Waals surface area contributed by atoms with E-state index in [4.69, 9.17) is 9.51 Å². The summed E-state index contributed by atoms with van der Waals surface area (Å²) in [7, 11) is 2.00. The van der Waals surface area contributed by atoms with Crippen molar-refractivity contribution < 1.29 is 4.52 Å². The van der Waals surface area contributed by atoms with Crippen molar-refractivity contribution in [3.8, 4) is 0 Å². The molecule has 4 nitrogen and oxygen atoms in total. The Hall–Kier alpha value is -0.900. The van der Waals surface area contributed by atoms with Gasteiger partial charge in [0.1, 0.15) is 0 Å². The van der Waals surface area contributed by atoms with Crippen LogP contribution >= 0.6 is 0 Å². The summed E-state index contributed by atoms with van der Waals surface area (Å²) in [6.07, 6.45) is 10.2. The molecule has 1 atom stereocenters. The Balaban J connectivity index is 1.55. The standard InChI is InChI=1S/C17H27N3O/c1-3-14(18-2)7-15-19-16(20-21-15)17-8-11-4-12(9-17)6-13(5-11)10-17/h11-14,18H,3-10H2,1-2H3. The fourth-order valence-corrected chi connectivity index (χ4v) is 5.60. The number of nitrogens with zero attached hydrogens (tertiary/aromatic N) is 2. The molecule has 1 N–H and O–H groups in total. The van der Waals surface area contributed by atoms with E-state index in [-0.39, 0.29) is 5.41 Å². The minimum atomic E-state index is 0.262. The van der Waals surface area contributed by atoms with E-state index in [1.165, 1.54) is 38.5 Å². The molecule has 4 aliphatic carbocycles. The zero-order valence-corrected chi connectivity index (χ0v) is 13.3. The summed E-state index contributed by atoms with van der Waals surface area (Å²) < 4.78 is 5.59. The third-order valence-corrected chi connectivity index (χ3v) is 6.30. The van der Waals surface area contributed by atoms with Gasteiger partial charge in [-0.2, -0.15) is 4.98 Å². The Morgan fingerprint density at radius 1 is 1.19 bits per heavy atom. The van der Waals surface area contributed by atoms with Crippen molar-refractivity contribution in [1.82, 2.24) is 15.5 Å². The van der Waals surface area contributed by atoms with Crippen molar-refractivity contribution in [2.75, 3.05) is 7.05 Å². The molecule has 4 bridgehead atoms. The second kappa shape index (κ2) is 5.08. The van der Waals surface area contributed by atoms with E-state index in [2.05, 4.69) is 17.4 Å². The van der Waals surface area contributed by atoms with Gasteiger partial charge in [0.05, 0.1) is 0 Å². The molecule has 1 unspecified atom stereocenters.